The Balaban J connectivity index is 2.02. The van der Waals surface area contributed by atoms with Gasteiger partial charge in [0.15, 0.2) is 6.61 Å². The Kier molecular flexibility index (Phi) is 5.69. The maximum absolute atomic E-state index is 13.1. The first-order valence-electron chi connectivity index (χ1n) is 6.71. The van der Waals surface area contributed by atoms with Gasteiger partial charge in [-0.2, -0.15) is 0 Å². The molecule has 2 aromatic rings. The van der Waals surface area contributed by atoms with E-state index in [1.54, 1.807) is 18.2 Å². The first-order chi connectivity index (χ1) is 10.9. The molecule has 0 atom stereocenters. The van der Waals surface area contributed by atoms with Crippen LogP contribution in [0, 0.1) is 5.82 Å². The quantitative estimate of drug-likeness (QED) is 0.871. The summed E-state index contributed by atoms with van der Waals surface area (Å²) in [6.45, 7) is -0.235. The number of halogens is 3. The lowest BCUT2D eigenvalue weighted by molar-refractivity contribution is -0.118. The molecule has 0 unspecified atom stereocenters. The predicted octanol–water partition coefficient (Wildman–Crippen LogP) is 4.22. The first kappa shape index (κ1) is 17.4. The zero-order valence-corrected chi connectivity index (χ0v) is 14.1. The standard InChI is InChI=1S/C16H15Cl2FN2O2/c1-21(2)15-6-3-10(17)7-14(15)20-16(22)9-23-11-4-5-13(19)12(18)8-11/h3-8H,9H2,1-2H3,(H,20,22). The molecule has 0 aliphatic heterocycles. The third kappa shape index (κ3) is 4.74. The molecule has 0 aromatic heterocycles. The van der Waals surface area contributed by atoms with Crippen molar-refractivity contribution in [2.45, 2.75) is 0 Å². The van der Waals surface area contributed by atoms with Crippen LogP contribution >= 0.6 is 23.2 Å². The summed E-state index contributed by atoms with van der Waals surface area (Å²) in [7, 11) is 3.71. The highest BCUT2D eigenvalue weighted by Crippen LogP contribution is 2.28. The van der Waals surface area contributed by atoms with Gasteiger partial charge in [0, 0.05) is 25.2 Å². The molecule has 0 radical (unpaired) electrons. The van der Waals surface area contributed by atoms with E-state index in [0.29, 0.717) is 16.5 Å². The largest absolute Gasteiger partial charge is 0.484 e. The number of hydrogen-bond donors (Lipinski definition) is 1. The normalized spacial score (nSPS) is 10.3. The van der Waals surface area contributed by atoms with Gasteiger partial charge in [0.25, 0.3) is 5.91 Å². The molecule has 1 N–H and O–H groups in total. The maximum atomic E-state index is 13.1. The van der Waals surface area contributed by atoms with E-state index in [9.17, 15) is 9.18 Å². The fourth-order valence-corrected chi connectivity index (χ4v) is 2.24. The zero-order valence-electron chi connectivity index (χ0n) is 12.6. The van der Waals surface area contributed by atoms with E-state index in [1.807, 2.05) is 19.0 Å². The molecular weight excluding hydrogens is 342 g/mol. The van der Waals surface area contributed by atoms with Crippen LogP contribution in [0.3, 0.4) is 0 Å². The van der Waals surface area contributed by atoms with Crippen LogP contribution in [0.5, 0.6) is 5.75 Å². The van der Waals surface area contributed by atoms with Gasteiger partial charge in [-0.05, 0) is 30.3 Å². The molecular formula is C16H15Cl2FN2O2. The van der Waals surface area contributed by atoms with Crippen molar-refractivity contribution in [1.82, 2.24) is 0 Å². The highest BCUT2D eigenvalue weighted by molar-refractivity contribution is 6.31. The number of nitrogens with zero attached hydrogens (tertiary/aromatic N) is 1. The molecule has 7 heteroatoms. The number of anilines is 2. The lowest BCUT2D eigenvalue weighted by Gasteiger charge is -2.18. The summed E-state index contributed by atoms with van der Waals surface area (Å²) in [5.74, 6) is -0.598. The second-order valence-corrected chi connectivity index (χ2v) is 5.81. The Morgan fingerprint density at radius 1 is 1.22 bits per heavy atom. The highest BCUT2D eigenvalue weighted by atomic mass is 35.5. The van der Waals surface area contributed by atoms with Gasteiger partial charge in [-0.1, -0.05) is 23.2 Å². The van der Waals surface area contributed by atoms with E-state index in [1.165, 1.54) is 18.2 Å². The van der Waals surface area contributed by atoms with E-state index < -0.39 is 5.82 Å². The van der Waals surface area contributed by atoms with Crippen LogP contribution in [0.2, 0.25) is 10.0 Å². The molecule has 2 aromatic carbocycles. The first-order valence-corrected chi connectivity index (χ1v) is 7.47. The van der Waals surface area contributed by atoms with Crippen molar-refractivity contribution < 1.29 is 13.9 Å². The van der Waals surface area contributed by atoms with E-state index in [0.717, 1.165) is 5.69 Å². The Hall–Kier alpha value is -1.98. The van der Waals surface area contributed by atoms with Crippen LogP contribution in [-0.2, 0) is 4.79 Å². The minimum atomic E-state index is -0.543. The summed E-state index contributed by atoms with van der Waals surface area (Å²) in [6, 6.07) is 9.09. The van der Waals surface area contributed by atoms with Gasteiger partial charge in [-0.15, -0.1) is 0 Å². The fourth-order valence-electron chi connectivity index (χ4n) is 1.90. The molecule has 0 fully saturated rings. The van der Waals surface area contributed by atoms with Gasteiger partial charge >= 0.3 is 0 Å². The Bertz CT molecular complexity index is 723. The molecule has 0 aliphatic carbocycles. The number of rotatable bonds is 5. The molecule has 0 bridgehead atoms. The van der Waals surface area contributed by atoms with Crippen molar-refractivity contribution in [3.8, 4) is 5.75 Å². The summed E-state index contributed by atoms with van der Waals surface area (Å²) in [4.78, 5) is 13.9. The number of amides is 1. The average molecular weight is 357 g/mol. The smallest absolute Gasteiger partial charge is 0.262 e. The van der Waals surface area contributed by atoms with Crippen LogP contribution in [0.4, 0.5) is 15.8 Å². The number of ether oxygens (including phenoxy) is 1. The van der Waals surface area contributed by atoms with Crippen molar-refractivity contribution >= 4 is 40.5 Å². The Morgan fingerprint density at radius 2 is 1.96 bits per heavy atom. The molecule has 23 heavy (non-hydrogen) atoms. The van der Waals surface area contributed by atoms with Gasteiger partial charge < -0.3 is 15.0 Å². The lowest BCUT2D eigenvalue weighted by Crippen LogP contribution is -2.22. The number of carbonyl (C=O) groups is 1. The van der Waals surface area contributed by atoms with Gasteiger partial charge in [-0.25, -0.2) is 4.39 Å². The third-order valence-electron chi connectivity index (χ3n) is 2.98. The van der Waals surface area contributed by atoms with Crippen molar-refractivity contribution in [1.29, 1.82) is 0 Å². The second kappa shape index (κ2) is 7.53. The van der Waals surface area contributed by atoms with Gasteiger partial charge in [0.2, 0.25) is 0 Å². The summed E-state index contributed by atoms with van der Waals surface area (Å²) < 4.78 is 18.4. The molecule has 4 nitrogen and oxygen atoms in total. The maximum Gasteiger partial charge on any atom is 0.262 e. The van der Waals surface area contributed by atoms with E-state index in [2.05, 4.69) is 5.32 Å². The Labute approximate surface area is 143 Å². The highest BCUT2D eigenvalue weighted by Gasteiger charge is 2.10. The summed E-state index contributed by atoms with van der Waals surface area (Å²) in [6.07, 6.45) is 0. The minimum absolute atomic E-state index is 0.0624. The number of benzene rings is 2. The van der Waals surface area contributed by atoms with E-state index in [4.69, 9.17) is 27.9 Å². The molecule has 2 rings (SSSR count). The number of hydrogen-bond acceptors (Lipinski definition) is 3. The molecule has 0 aliphatic rings. The van der Waals surface area contributed by atoms with Crippen molar-refractivity contribution in [3.63, 3.8) is 0 Å². The fraction of sp³-hybridized carbons (Fsp3) is 0.188. The average Bonchev–Trinajstić information content (AvgIpc) is 2.48. The predicted molar refractivity (Wildman–Crippen MR) is 91.3 cm³/mol. The van der Waals surface area contributed by atoms with Crippen molar-refractivity contribution in [2.24, 2.45) is 0 Å². The van der Waals surface area contributed by atoms with Gasteiger partial charge in [0.1, 0.15) is 11.6 Å². The topological polar surface area (TPSA) is 41.6 Å². The molecule has 0 saturated carbocycles. The third-order valence-corrected chi connectivity index (χ3v) is 3.50. The monoisotopic (exact) mass is 356 g/mol. The summed E-state index contributed by atoms with van der Waals surface area (Å²) >= 11 is 11.6. The molecule has 122 valence electrons. The molecule has 1 amide bonds. The van der Waals surface area contributed by atoms with Crippen LogP contribution in [-0.4, -0.2) is 26.6 Å². The Morgan fingerprint density at radius 3 is 2.61 bits per heavy atom. The van der Waals surface area contributed by atoms with Gasteiger partial charge in [0.05, 0.1) is 16.4 Å². The molecule has 0 heterocycles. The van der Waals surface area contributed by atoms with E-state index >= 15 is 0 Å². The number of carbonyl (C=O) groups excluding carboxylic acids is 1. The lowest BCUT2D eigenvalue weighted by atomic mass is 10.2. The minimum Gasteiger partial charge on any atom is -0.484 e. The van der Waals surface area contributed by atoms with Crippen molar-refractivity contribution in [3.05, 3.63) is 52.3 Å². The SMILES string of the molecule is CN(C)c1ccc(Cl)cc1NC(=O)COc1ccc(F)c(Cl)c1. The van der Waals surface area contributed by atoms with Crippen LogP contribution in [0.15, 0.2) is 36.4 Å². The zero-order chi connectivity index (χ0) is 17.0. The van der Waals surface area contributed by atoms with Crippen LogP contribution in [0.1, 0.15) is 0 Å². The number of nitrogens with one attached hydrogen (secondary N) is 1. The van der Waals surface area contributed by atoms with Crippen LogP contribution < -0.4 is 15.0 Å². The summed E-state index contributed by atoms with van der Waals surface area (Å²) in [5.41, 5.74) is 1.39. The molecule has 0 spiro atoms. The van der Waals surface area contributed by atoms with Crippen LogP contribution in [0.25, 0.3) is 0 Å². The molecule has 0 saturated heterocycles. The second-order valence-electron chi connectivity index (χ2n) is 4.97. The van der Waals surface area contributed by atoms with Gasteiger partial charge in [-0.3, -0.25) is 4.79 Å². The summed E-state index contributed by atoms with van der Waals surface area (Å²) in [5, 5.41) is 3.18. The van der Waals surface area contributed by atoms with Crippen molar-refractivity contribution in [2.75, 3.05) is 30.9 Å². The van der Waals surface area contributed by atoms with E-state index in [-0.39, 0.29) is 17.5 Å².